The third kappa shape index (κ3) is 3.15. The fourth-order valence-electron chi connectivity index (χ4n) is 1.94. The first-order valence-electron chi connectivity index (χ1n) is 6.25. The van der Waals surface area contributed by atoms with Crippen LogP contribution in [-0.4, -0.2) is 17.7 Å². The van der Waals surface area contributed by atoms with Crippen molar-refractivity contribution < 1.29 is 19.0 Å². The molecule has 0 aliphatic carbocycles. The van der Waals surface area contributed by atoms with E-state index in [1.807, 2.05) is 19.1 Å². The third-order valence-electron chi connectivity index (χ3n) is 3.08. The second kappa shape index (κ2) is 6.19. The van der Waals surface area contributed by atoms with Crippen molar-refractivity contribution >= 4 is 5.97 Å². The molecule has 0 heterocycles. The molecule has 0 fully saturated rings. The normalized spacial score (nSPS) is 11.9. The van der Waals surface area contributed by atoms with Gasteiger partial charge in [-0.05, 0) is 24.6 Å². The maximum Gasteiger partial charge on any atom is 0.314 e. The van der Waals surface area contributed by atoms with Crippen molar-refractivity contribution in [1.82, 2.24) is 0 Å². The average Bonchev–Trinajstić information content (AvgIpc) is 2.42. The molecule has 0 spiro atoms. The summed E-state index contributed by atoms with van der Waals surface area (Å²) in [6.45, 7) is 1.76. The second-order valence-corrected chi connectivity index (χ2v) is 4.49. The standard InChI is InChI=1S/C16H15FO3/c1-11-6-2-5-9-15(11)20-10-13(16(18)19)12-7-3-4-8-14(12)17/h2-9,13H,10H2,1H3,(H,18,19). The minimum Gasteiger partial charge on any atom is -0.492 e. The van der Waals surface area contributed by atoms with Gasteiger partial charge in [-0.15, -0.1) is 0 Å². The van der Waals surface area contributed by atoms with Crippen LogP contribution < -0.4 is 4.74 Å². The quantitative estimate of drug-likeness (QED) is 0.909. The van der Waals surface area contributed by atoms with Crippen LogP contribution in [0.4, 0.5) is 4.39 Å². The van der Waals surface area contributed by atoms with Crippen molar-refractivity contribution in [2.24, 2.45) is 0 Å². The summed E-state index contributed by atoms with van der Waals surface area (Å²) in [6, 6.07) is 13.2. The Morgan fingerprint density at radius 3 is 2.50 bits per heavy atom. The zero-order valence-corrected chi connectivity index (χ0v) is 11.0. The monoisotopic (exact) mass is 274 g/mol. The molecule has 2 aromatic rings. The zero-order valence-electron chi connectivity index (χ0n) is 11.0. The second-order valence-electron chi connectivity index (χ2n) is 4.49. The Morgan fingerprint density at radius 2 is 1.85 bits per heavy atom. The largest absolute Gasteiger partial charge is 0.492 e. The van der Waals surface area contributed by atoms with Crippen LogP contribution in [0.25, 0.3) is 0 Å². The van der Waals surface area contributed by atoms with Crippen LogP contribution in [0, 0.1) is 12.7 Å². The summed E-state index contributed by atoms with van der Waals surface area (Å²) in [5.74, 6) is -2.07. The van der Waals surface area contributed by atoms with Crippen LogP contribution >= 0.6 is 0 Å². The van der Waals surface area contributed by atoms with E-state index in [0.717, 1.165) is 5.56 Å². The average molecular weight is 274 g/mol. The molecule has 0 saturated carbocycles. The van der Waals surface area contributed by atoms with Gasteiger partial charge >= 0.3 is 5.97 Å². The van der Waals surface area contributed by atoms with E-state index in [0.29, 0.717) is 5.75 Å². The summed E-state index contributed by atoms with van der Waals surface area (Å²) >= 11 is 0. The van der Waals surface area contributed by atoms with Crippen LogP contribution in [0.2, 0.25) is 0 Å². The maximum absolute atomic E-state index is 13.7. The van der Waals surface area contributed by atoms with Crippen molar-refractivity contribution in [3.05, 3.63) is 65.5 Å². The number of carboxylic acids is 1. The van der Waals surface area contributed by atoms with Crippen LogP contribution in [0.3, 0.4) is 0 Å². The molecule has 0 saturated heterocycles. The van der Waals surface area contributed by atoms with E-state index in [2.05, 4.69) is 0 Å². The minimum atomic E-state index is -1.11. The number of benzene rings is 2. The van der Waals surface area contributed by atoms with E-state index < -0.39 is 17.7 Å². The first-order valence-corrected chi connectivity index (χ1v) is 6.25. The Morgan fingerprint density at radius 1 is 1.20 bits per heavy atom. The predicted octanol–water partition coefficient (Wildman–Crippen LogP) is 3.38. The fourth-order valence-corrected chi connectivity index (χ4v) is 1.94. The molecule has 3 nitrogen and oxygen atoms in total. The molecule has 0 aliphatic rings. The topological polar surface area (TPSA) is 46.5 Å². The van der Waals surface area contributed by atoms with Crippen molar-refractivity contribution in [3.63, 3.8) is 0 Å². The number of hydrogen-bond donors (Lipinski definition) is 1. The lowest BCUT2D eigenvalue weighted by Crippen LogP contribution is -2.20. The van der Waals surface area contributed by atoms with Gasteiger partial charge < -0.3 is 9.84 Å². The van der Waals surface area contributed by atoms with Gasteiger partial charge in [-0.3, -0.25) is 4.79 Å². The van der Waals surface area contributed by atoms with Gasteiger partial charge in [0.15, 0.2) is 0 Å². The molecule has 0 amide bonds. The molecule has 0 radical (unpaired) electrons. The summed E-state index contributed by atoms with van der Waals surface area (Å²) in [6.07, 6.45) is 0. The number of halogens is 1. The van der Waals surface area contributed by atoms with E-state index in [4.69, 9.17) is 4.74 Å². The lowest BCUT2D eigenvalue weighted by molar-refractivity contribution is -0.139. The van der Waals surface area contributed by atoms with Crippen LogP contribution in [-0.2, 0) is 4.79 Å². The summed E-state index contributed by atoms with van der Waals surface area (Å²) < 4.78 is 19.2. The molecule has 104 valence electrons. The number of ether oxygens (including phenoxy) is 1. The number of rotatable bonds is 5. The summed E-state index contributed by atoms with van der Waals surface area (Å²) in [5, 5.41) is 9.25. The molecule has 1 unspecified atom stereocenters. The van der Waals surface area contributed by atoms with Gasteiger partial charge in [0, 0.05) is 5.56 Å². The van der Waals surface area contributed by atoms with Crippen LogP contribution in [0.1, 0.15) is 17.0 Å². The van der Waals surface area contributed by atoms with Gasteiger partial charge in [0.25, 0.3) is 0 Å². The summed E-state index contributed by atoms with van der Waals surface area (Å²) in [7, 11) is 0. The molecule has 2 rings (SSSR count). The van der Waals surface area contributed by atoms with Crippen molar-refractivity contribution in [3.8, 4) is 5.75 Å². The molecular weight excluding hydrogens is 259 g/mol. The number of aliphatic carboxylic acids is 1. The van der Waals surface area contributed by atoms with Crippen LogP contribution in [0.5, 0.6) is 5.75 Å². The van der Waals surface area contributed by atoms with E-state index in [-0.39, 0.29) is 12.2 Å². The van der Waals surface area contributed by atoms with Gasteiger partial charge in [-0.1, -0.05) is 36.4 Å². The van der Waals surface area contributed by atoms with E-state index in [9.17, 15) is 14.3 Å². The third-order valence-corrected chi connectivity index (χ3v) is 3.08. The number of para-hydroxylation sites is 1. The molecule has 0 aliphatic heterocycles. The highest BCUT2D eigenvalue weighted by molar-refractivity contribution is 5.76. The summed E-state index contributed by atoms with van der Waals surface area (Å²) in [5.41, 5.74) is 1.04. The number of hydrogen-bond acceptors (Lipinski definition) is 2. The molecular formula is C16H15FO3. The molecule has 0 aromatic heterocycles. The lowest BCUT2D eigenvalue weighted by Gasteiger charge is -2.15. The Hall–Kier alpha value is -2.36. The first kappa shape index (κ1) is 14.1. The molecule has 1 atom stereocenters. The lowest BCUT2D eigenvalue weighted by atomic mass is 9.99. The van der Waals surface area contributed by atoms with Gasteiger partial charge in [-0.2, -0.15) is 0 Å². The van der Waals surface area contributed by atoms with Gasteiger partial charge in [0.05, 0.1) is 0 Å². The number of carbonyl (C=O) groups is 1. The highest BCUT2D eigenvalue weighted by Gasteiger charge is 2.24. The Balaban J connectivity index is 2.18. The van der Waals surface area contributed by atoms with Crippen molar-refractivity contribution in [1.29, 1.82) is 0 Å². The Kier molecular flexibility index (Phi) is 4.35. The minimum absolute atomic E-state index is 0.110. The highest BCUT2D eigenvalue weighted by Crippen LogP contribution is 2.23. The molecule has 0 bridgehead atoms. The van der Waals surface area contributed by atoms with E-state index in [1.165, 1.54) is 18.2 Å². The van der Waals surface area contributed by atoms with E-state index >= 15 is 0 Å². The van der Waals surface area contributed by atoms with Gasteiger partial charge in [0.2, 0.25) is 0 Å². The SMILES string of the molecule is Cc1ccccc1OCC(C(=O)O)c1ccccc1F. The summed E-state index contributed by atoms with van der Waals surface area (Å²) in [4.78, 5) is 11.3. The van der Waals surface area contributed by atoms with Crippen molar-refractivity contribution in [2.45, 2.75) is 12.8 Å². The smallest absolute Gasteiger partial charge is 0.314 e. The number of carboxylic acid groups (broad SMARTS) is 1. The molecule has 20 heavy (non-hydrogen) atoms. The van der Waals surface area contributed by atoms with E-state index in [1.54, 1.807) is 18.2 Å². The van der Waals surface area contributed by atoms with Crippen LogP contribution in [0.15, 0.2) is 48.5 Å². The van der Waals surface area contributed by atoms with Crippen molar-refractivity contribution in [2.75, 3.05) is 6.61 Å². The number of aryl methyl sites for hydroxylation is 1. The maximum atomic E-state index is 13.7. The highest BCUT2D eigenvalue weighted by atomic mass is 19.1. The molecule has 4 heteroatoms. The Labute approximate surface area is 116 Å². The van der Waals surface area contributed by atoms with Gasteiger partial charge in [0.1, 0.15) is 24.1 Å². The predicted molar refractivity (Wildman–Crippen MR) is 73.5 cm³/mol. The van der Waals surface area contributed by atoms with Gasteiger partial charge in [-0.25, -0.2) is 4.39 Å². The molecule has 2 aromatic carbocycles. The Bertz CT molecular complexity index is 610. The first-order chi connectivity index (χ1) is 9.59. The zero-order chi connectivity index (χ0) is 14.5. The molecule has 1 N–H and O–H groups in total. The fraction of sp³-hybridized carbons (Fsp3) is 0.188.